The molecule has 14 heteroatoms. The molecule has 65 heavy (non-hydrogen) atoms. The van der Waals surface area contributed by atoms with Gasteiger partial charge in [0.2, 0.25) is 5.91 Å². The van der Waals surface area contributed by atoms with Gasteiger partial charge in [-0.2, -0.15) is 8.42 Å². The van der Waals surface area contributed by atoms with Crippen LogP contribution in [0.1, 0.15) is 232 Å². The lowest BCUT2D eigenvalue weighted by Gasteiger charge is -2.41. The second-order valence-corrected chi connectivity index (χ2v) is 19.7. The number of allylic oxidation sites excluding steroid dienone is 3. The summed E-state index contributed by atoms with van der Waals surface area (Å²) in [5.41, 5.74) is 0. The summed E-state index contributed by atoms with van der Waals surface area (Å²) < 4.78 is 47.6. The van der Waals surface area contributed by atoms with E-state index < -0.39 is 78.5 Å². The molecule has 384 valence electrons. The Kier molecular flexibility index (Phi) is 39.3. The van der Waals surface area contributed by atoms with Gasteiger partial charge < -0.3 is 40.3 Å². The van der Waals surface area contributed by atoms with E-state index in [2.05, 4.69) is 35.5 Å². The van der Waals surface area contributed by atoms with Crippen LogP contribution in [0.25, 0.3) is 0 Å². The van der Waals surface area contributed by atoms with Gasteiger partial charge in [0.1, 0.15) is 30.5 Å². The number of aliphatic hydroxyl groups is 5. The maximum Gasteiger partial charge on any atom is 0.397 e. The number of unbranched alkanes of at least 4 members (excludes halogenated alkanes) is 30. The fraction of sp³-hybridized carbons (Fsp3) is 0.902. The zero-order chi connectivity index (χ0) is 47.8. The molecule has 0 spiro atoms. The summed E-state index contributed by atoms with van der Waals surface area (Å²) in [5.74, 6) is -0.708. The average Bonchev–Trinajstić information content (AvgIpc) is 3.28. The Balaban J connectivity index is 2.52. The topological polar surface area (TPSA) is 212 Å². The molecule has 0 bridgehead atoms. The van der Waals surface area contributed by atoms with Crippen molar-refractivity contribution in [1.29, 1.82) is 0 Å². The minimum Gasteiger partial charge on any atom is -0.394 e. The molecule has 0 aromatic rings. The summed E-state index contributed by atoms with van der Waals surface area (Å²) >= 11 is 0. The van der Waals surface area contributed by atoms with Crippen LogP contribution < -0.4 is 5.32 Å². The molecule has 7 N–H and O–H groups in total. The second-order valence-electron chi connectivity index (χ2n) is 18.6. The average molecular weight is 948 g/mol. The fourth-order valence-electron chi connectivity index (χ4n) is 8.40. The van der Waals surface area contributed by atoms with Gasteiger partial charge in [-0.1, -0.05) is 212 Å². The predicted octanol–water partition coefficient (Wildman–Crippen LogP) is 10.3. The Hall–Kier alpha value is -1.46. The van der Waals surface area contributed by atoms with Crippen LogP contribution in [0.4, 0.5) is 0 Å². The Bertz CT molecular complexity index is 1270. The largest absolute Gasteiger partial charge is 0.397 e. The van der Waals surface area contributed by atoms with Gasteiger partial charge in [-0.3, -0.25) is 9.35 Å². The summed E-state index contributed by atoms with van der Waals surface area (Å²) in [5, 5.41) is 55.4. The van der Waals surface area contributed by atoms with Gasteiger partial charge in [0, 0.05) is 0 Å². The van der Waals surface area contributed by atoms with Gasteiger partial charge in [-0.05, 0) is 44.9 Å². The van der Waals surface area contributed by atoms with Gasteiger partial charge in [0.05, 0.1) is 25.4 Å². The van der Waals surface area contributed by atoms with Crippen LogP contribution in [0.15, 0.2) is 24.3 Å². The number of nitrogens with one attached hydrogen (secondary N) is 1. The van der Waals surface area contributed by atoms with Crippen LogP contribution in [-0.4, -0.2) is 107 Å². The lowest BCUT2D eigenvalue weighted by molar-refractivity contribution is -0.298. The standard InChI is InChI=1S/C51H97NO12S/c1-3-5-7-9-11-13-15-17-19-21-22-24-25-27-29-31-33-35-37-39-44(54)43(42-62-51-48(57)49(64-65(59,60)61)47(56)46(41-53)63-51)52-50(58)45(55)40-38-36-34-32-30-28-26-23-20-18-16-14-12-10-8-6-4-2/h26,28,37,39,43-49,51,53-57H,3-25,27,29-36,38,40-42H2,1-2H3,(H,52,58)(H,59,60,61)/b28-26-,39-37+. The van der Waals surface area contributed by atoms with E-state index in [4.69, 9.17) is 9.47 Å². The minimum atomic E-state index is -5.12. The van der Waals surface area contributed by atoms with Gasteiger partial charge in [-0.15, -0.1) is 0 Å². The highest BCUT2D eigenvalue weighted by atomic mass is 32.3. The highest BCUT2D eigenvalue weighted by Crippen LogP contribution is 2.26. The molecule has 0 radical (unpaired) electrons. The number of rotatable bonds is 45. The molecule has 1 fully saturated rings. The van der Waals surface area contributed by atoms with Crippen molar-refractivity contribution in [2.75, 3.05) is 13.2 Å². The third-order valence-electron chi connectivity index (χ3n) is 12.6. The smallest absolute Gasteiger partial charge is 0.394 e. The van der Waals surface area contributed by atoms with E-state index in [0.717, 1.165) is 51.4 Å². The Labute approximate surface area is 395 Å². The summed E-state index contributed by atoms with van der Waals surface area (Å²) in [6, 6.07) is -1.12. The third-order valence-corrected chi connectivity index (χ3v) is 13.0. The first kappa shape index (κ1) is 61.6. The molecular weight excluding hydrogens is 851 g/mol. The molecule has 8 atom stereocenters. The van der Waals surface area contributed by atoms with Crippen molar-refractivity contribution in [2.45, 2.75) is 281 Å². The minimum absolute atomic E-state index is 0.230. The van der Waals surface area contributed by atoms with Crippen molar-refractivity contribution in [3.8, 4) is 0 Å². The van der Waals surface area contributed by atoms with E-state index >= 15 is 0 Å². The Morgan fingerprint density at radius 1 is 0.615 bits per heavy atom. The maximum absolute atomic E-state index is 13.2. The van der Waals surface area contributed by atoms with Crippen LogP contribution in [0.5, 0.6) is 0 Å². The maximum atomic E-state index is 13.2. The van der Waals surface area contributed by atoms with Crippen LogP contribution in [0.3, 0.4) is 0 Å². The lowest BCUT2D eigenvalue weighted by Crippen LogP contribution is -2.61. The molecule has 1 rings (SSSR count). The number of carbonyl (C=O) groups excluding carboxylic acids is 1. The predicted molar refractivity (Wildman–Crippen MR) is 261 cm³/mol. The molecule has 0 aromatic carbocycles. The molecule has 0 aromatic heterocycles. The van der Waals surface area contributed by atoms with Gasteiger partial charge in [0.15, 0.2) is 6.29 Å². The van der Waals surface area contributed by atoms with Crippen molar-refractivity contribution in [1.82, 2.24) is 5.32 Å². The van der Waals surface area contributed by atoms with Gasteiger partial charge in [0.25, 0.3) is 0 Å². The zero-order valence-electron chi connectivity index (χ0n) is 40.9. The van der Waals surface area contributed by atoms with E-state index in [9.17, 15) is 43.3 Å². The summed E-state index contributed by atoms with van der Waals surface area (Å²) in [6.07, 6.45) is 36.8. The molecule has 1 heterocycles. The van der Waals surface area contributed by atoms with Crippen molar-refractivity contribution in [3.05, 3.63) is 24.3 Å². The normalized spacial score (nSPS) is 20.8. The summed E-state index contributed by atoms with van der Waals surface area (Å²) in [6.45, 7) is 3.24. The molecule has 13 nitrogen and oxygen atoms in total. The van der Waals surface area contributed by atoms with Crippen LogP contribution in [0, 0.1) is 0 Å². The number of ether oxygens (including phenoxy) is 2. The Morgan fingerprint density at radius 2 is 1.02 bits per heavy atom. The van der Waals surface area contributed by atoms with Crippen molar-refractivity contribution in [3.63, 3.8) is 0 Å². The molecule has 0 saturated carbocycles. The van der Waals surface area contributed by atoms with E-state index in [1.807, 2.05) is 6.08 Å². The number of aliphatic hydroxyl groups excluding tert-OH is 5. The lowest BCUT2D eigenvalue weighted by atomic mass is 9.99. The van der Waals surface area contributed by atoms with Crippen LogP contribution in [0.2, 0.25) is 0 Å². The first-order chi connectivity index (χ1) is 31.4. The van der Waals surface area contributed by atoms with E-state index in [0.29, 0.717) is 12.8 Å². The van der Waals surface area contributed by atoms with E-state index in [1.54, 1.807) is 6.08 Å². The second kappa shape index (κ2) is 41.5. The molecule has 0 aliphatic carbocycles. The van der Waals surface area contributed by atoms with Crippen LogP contribution >= 0.6 is 0 Å². The molecule has 1 amide bonds. The molecule has 1 saturated heterocycles. The number of carbonyl (C=O) groups is 1. The number of hydrogen-bond acceptors (Lipinski definition) is 11. The van der Waals surface area contributed by atoms with Crippen LogP contribution in [-0.2, 0) is 28.9 Å². The molecule has 1 aliphatic heterocycles. The first-order valence-corrected chi connectivity index (χ1v) is 27.7. The number of hydrogen-bond donors (Lipinski definition) is 7. The SMILES string of the molecule is CCCCCCCCCCC/C=C\CCCCCCC(O)C(=O)NC(COC1OC(CO)C(O)C(OS(=O)(=O)O)C1O)C(O)/C=C/CCCCCCCCCCCCCCCCCCC. The first-order valence-electron chi connectivity index (χ1n) is 26.3. The quantitative estimate of drug-likeness (QED) is 0.0173. The monoisotopic (exact) mass is 948 g/mol. The van der Waals surface area contributed by atoms with E-state index in [1.165, 1.54) is 148 Å². The molecular formula is C51H97NO12S. The number of amides is 1. The van der Waals surface area contributed by atoms with E-state index in [-0.39, 0.29) is 6.42 Å². The van der Waals surface area contributed by atoms with Crippen molar-refractivity contribution in [2.24, 2.45) is 0 Å². The highest BCUT2D eigenvalue weighted by molar-refractivity contribution is 7.80. The zero-order valence-corrected chi connectivity index (χ0v) is 41.7. The van der Waals surface area contributed by atoms with Gasteiger partial charge >= 0.3 is 10.4 Å². The van der Waals surface area contributed by atoms with Crippen molar-refractivity contribution >= 4 is 16.3 Å². The van der Waals surface area contributed by atoms with Gasteiger partial charge in [-0.25, -0.2) is 4.18 Å². The third kappa shape index (κ3) is 33.6. The summed E-state index contributed by atoms with van der Waals surface area (Å²) in [7, 11) is -5.12. The molecule has 1 aliphatic rings. The Morgan fingerprint density at radius 3 is 1.43 bits per heavy atom. The summed E-state index contributed by atoms with van der Waals surface area (Å²) in [4.78, 5) is 13.2. The van der Waals surface area contributed by atoms with Crippen molar-refractivity contribution < 1.29 is 57.0 Å². The fourth-order valence-corrected chi connectivity index (χ4v) is 8.91. The molecule has 8 unspecified atom stereocenters. The highest BCUT2D eigenvalue weighted by Gasteiger charge is 2.48.